The average molecular weight is 174 g/mol. The van der Waals surface area contributed by atoms with E-state index in [2.05, 4.69) is 0 Å². The second-order valence-corrected chi connectivity index (χ2v) is 3.19. The Morgan fingerprint density at radius 3 is 2.42 bits per heavy atom. The lowest BCUT2D eigenvalue weighted by Crippen LogP contribution is -2.35. The third-order valence-electron chi connectivity index (χ3n) is 2.21. The van der Waals surface area contributed by atoms with E-state index in [0.29, 0.717) is 6.61 Å². The molecule has 0 aliphatic heterocycles. The van der Waals surface area contributed by atoms with Crippen LogP contribution in [0.2, 0.25) is 0 Å². The Kier molecular flexibility index (Phi) is 5.51. The maximum atomic E-state index is 9.66. The van der Waals surface area contributed by atoms with Crippen molar-refractivity contribution in [1.29, 1.82) is 0 Å². The first-order valence-corrected chi connectivity index (χ1v) is 5.01. The predicted molar refractivity (Wildman–Crippen MR) is 51.2 cm³/mol. The molecule has 0 spiro atoms. The Hall–Kier alpha value is -0.0800. The van der Waals surface area contributed by atoms with Gasteiger partial charge in [0.25, 0.3) is 0 Å². The van der Waals surface area contributed by atoms with Crippen LogP contribution in [0.4, 0.5) is 0 Å². The highest BCUT2D eigenvalue weighted by Crippen LogP contribution is 2.31. The van der Waals surface area contributed by atoms with Gasteiger partial charge in [0.1, 0.15) is 0 Å². The van der Waals surface area contributed by atoms with Gasteiger partial charge in [-0.3, -0.25) is 0 Å². The first-order chi connectivity index (χ1) is 5.67. The van der Waals surface area contributed by atoms with Crippen molar-refractivity contribution in [3.63, 3.8) is 0 Å². The molecule has 74 valence electrons. The summed E-state index contributed by atoms with van der Waals surface area (Å²) in [5, 5.41) is 9.66. The summed E-state index contributed by atoms with van der Waals surface area (Å²) >= 11 is 0. The summed E-state index contributed by atoms with van der Waals surface area (Å²) in [5.41, 5.74) is -0.560. The molecular weight excluding hydrogens is 152 g/mol. The minimum absolute atomic E-state index is 0.0810. The van der Waals surface area contributed by atoms with E-state index in [-0.39, 0.29) is 6.10 Å². The van der Waals surface area contributed by atoms with E-state index in [9.17, 15) is 5.11 Å². The lowest BCUT2D eigenvalue weighted by Gasteiger charge is -2.24. The molecule has 0 bridgehead atoms. The zero-order valence-corrected chi connectivity index (χ0v) is 8.76. The summed E-state index contributed by atoms with van der Waals surface area (Å²) in [4.78, 5) is 0. The van der Waals surface area contributed by atoms with Crippen molar-refractivity contribution in [2.75, 3.05) is 6.61 Å². The van der Waals surface area contributed by atoms with Gasteiger partial charge in [0, 0.05) is 6.61 Å². The highest BCUT2D eigenvalue weighted by Gasteiger charge is 2.36. The van der Waals surface area contributed by atoms with E-state index < -0.39 is 5.60 Å². The summed E-state index contributed by atoms with van der Waals surface area (Å²) in [7, 11) is 0. The molecule has 1 rings (SSSR count). The Labute approximate surface area is 75.9 Å². The van der Waals surface area contributed by atoms with Crippen molar-refractivity contribution < 1.29 is 9.84 Å². The first kappa shape index (κ1) is 11.9. The minimum atomic E-state index is -0.560. The van der Waals surface area contributed by atoms with Gasteiger partial charge >= 0.3 is 0 Å². The Balaban J connectivity index is 0.000000561. The van der Waals surface area contributed by atoms with Crippen molar-refractivity contribution >= 4 is 0 Å². The second-order valence-electron chi connectivity index (χ2n) is 3.19. The molecular formula is C10H22O2. The fourth-order valence-electron chi connectivity index (χ4n) is 1.58. The normalized spacial score (nSPS) is 34.2. The van der Waals surface area contributed by atoms with Gasteiger partial charge in [0.15, 0.2) is 0 Å². The number of aliphatic hydroxyl groups is 1. The molecule has 0 amide bonds. The molecule has 2 heteroatoms. The molecule has 0 aromatic rings. The standard InChI is InChI=1S/C8H16O2.C2H6/c1-3-10-7-5-4-6-8(7,2)9;1-2/h7,9H,3-6H2,1-2H3;1-2H3. The highest BCUT2D eigenvalue weighted by atomic mass is 16.5. The number of hydrogen-bond donors (Lipinski definition) is 1. The van der Waals surface area contributed by atoms with Crippen LogP contribution >= 0.6 is 0 Å². The molecule has 0 radical (unpaired) electrons. The summed E-state index contributed by atoms with van der Waals surface area (Å²) in [6.45, 7) is 8.54. The molecule has 0 heterocycles. The third-order valence-corrected chi connectivity index (χ3v) is 2.21. The van der Waals surface area contributed by atoms with Gasteiger partial charge in [0.05, 0.1) is 11.7 Å². The topological polar surface area (TPSA) is 29.5 Å². The Morgan fingerprint density at radius 1 is 1.50 bits per heavy atom. The molecule has 0 aromatic heterocycles. The molecule has 1 aliphatic rings. The molecule has 0 saturated heterocycles. The fraction of sp³-hybridized carbons (Fsp3) is 1.00. The third kappa shape index (κ3) is 3.11. The maximum absolute atomic E-state index is 9.66. The molecule has 2 atom stereocenters. The van der Waals surface area contributed by atoms with Gasteiger partial charge < -0.3 is 9.84 Å². The van der Waals surface area contributed by atoms with Crippen LogP contribution in [-0.4, -0.2) is 23.4 Å². The lowest BCUT2D eigenvalue weighted by atomic mass is 10.0. The van der Waals surface area contributed by atoms with E-state index in [1.807, 2.05) is 27.7 Å². The Morgan fingerprint density at radius 2 is 2.08 bits per heavy atom. The van der Waals surface area contributed by atoms with Gasteiger partial charge in [-0.05, 0) is 33.1 Å². The molecule has 2 unspecified atom stereocenters. The monoisotopic (exact) mass is 174 g/mol. The molecule has 1 saturated carbocycles. The van der Waals surface area contributed by atoms with Crippen LogP contribution in [0.3, 0.4) is 0 Å². The van der Waals surface area contributed by atoms with Gasteiger partial charge in [0.2, 0.25) is 0 Å². The van der Waals surface area contributed by atoms with Crippen LogP contribution in [0.15, 0.2) is 0 Å². The number of hydrogen-bond acceptors (Lipinski definition) is 2. The van der Waals surface area contributed by atoms with Crippen LogP contribution in [0.1, 0.15) is 47.0 Å². The summed E-state index contributed by atoms with van der Waals surface area (Å²) in [6, 6.07) is 0. The van der Waals surface area contributed by atoms with Gasteiger partial charge in [-0.25, -0.2) is 0 Å². The van der Waals surface area contributed by atoms with E-state index in [1.165, 1.54) is 0 Å². The summed E-state index contributed by atoms with van der Waals surface area (Å²) < 4.78 is 5.37. The van der Waals surface area contributed by atoms with E-state index in [1.54, 1.807) is 0 Å². The van der Waals surface area contributed by atoms with E-state index >= 15 is 0 Å². The smallest absolute Gasteiger partial charge is 0.0880 e. The maximum Gasteiger partial charge on any atom is 0.0880 e. The molecule has 2 nitrogen and oxygen atoms in total. The zero-order valence-electron chi connectivity index (χ0n) is 8.76. The van der Waals surface area contributed by atoms with Crippen molar-refractivity contribution in [3.05, 3.63) is 0 Å². The van der Waals surface area contributed by atoms with E-state index in [4.69, 9.17) is 4.74 Å². The number of ether oxygens (including phenoxy) is 1. The fourth-order valence-corrected chi connectivity index (χ4v) is 1.58. The van der Waals surface area contributed by atoms with Crippen LogP contribution in [0.5, 0.6) is 0 Å². The van der Waals surface area contributed by atoms with Gasteiger partial charge in [-0.15, -0.1) is 0 Å². The zero-order chi connectivity index (χ0) is 9.61. The minimum Gasteiger partial charge on any atom is -0.387 e. The summed E-state index contributed by atoms with van der Waals surface area (Å²) in [6.07, 6.45) is 3.08. The largest absolute Gasteiger partial charge is 0.387 e. The molecule has 1 aliphatic carbocycles. The van der Waals surface area contributed by atoms with Crippen LogP contribution in [0, 0.1) is 0 Å². The van der Waals surface area contributed by atoms with Crippen molar-refractivity contribution in [1.82, 2.24) is 0 Å². The molecule has 1 fully saturated rings. The van der Waals surface area contributed by atoms with Crippen LogP contribution < -0.4 is 0 Å². The average Bonchev–Trinajstić information content (AvgIpc) is 2.36. The van der Waals surface area contributed by atoms with Crippen LogP contribution in [-0.2, 0) is 4.74 Å². The predicted octanol–water partition coefficient (Wildman–Crippen LogP) is 2.35. The SMILES string of the molecule is CC.CCOC1CCCC1(C)O. The highest BCUT2D eigenvalue weighted by molar-refractivity contribution is 4.89. The van der Waals surface area contributed by atoms with E-state index in [0.717, 1.165) is 19.3 Å². The van der Waals surface area contributed by atoms with Crippen LogP contribution in [0.25, 0.3) is 0 Å². The van der Waals surface area contributed by atoms with Crippen molar-refractivity contribution in [2.45, 2.75) is 58.7 Å². The quantitative estimate of drug-likeness (QED) is 0.696. The Bertz CT molecular complexity index is 110. The molecule has 0 aromatic carbocycles. The molecule has 1 N–H and O–H groups in total. The van der Waals surface area contributed by atoms with Gasteiger partial charge in [-0.2, -0.15) is 0 Å². The first-order valence-electron chi connectivity index (χ1n) is 5.01. The van der Waals surface area contributed by atoms with Crippen molar-refractivity contribution in [2.24, 2.45) is 0 Å². The van der Waals surface area contributed by atoms with Crippen molar-refractivity contribution in [3.8, 4) is 0 Å². The molecule has 12 heavy (non-hydrogen) atoms. The van der Waals surface area contributed by atoms with Gasteiger partial charge in [-0.1, -0.05) is 13.8 Å². The second kappa shape index (κ2) is 5.55. The summed E-state index contributed by atoms with van der Waals surface area (Å²) in [5.74, 6) is 0. The number of rotatable bonds is 2. The lowest BCUT2D eigenvalue weighted by molar-refractivity contribution is -0.0749.